The smallest absolute Gasteiger partial charge is 0.220 e. The third-order valence-corrected chi connectivity index (χ3v) is 6.28. The molecule has 1 fully saturated rings. The summed E-state index contributed by atoms with van der Waals surface area (Å²) >= 11 is 5.93. The number of benzene rings is 1. The summed E-state index contributed by atoms with van der Waals surface area (Å²) in [6.07, 6.45) is 7.62. The highest BCUT2D eigenvalue weighted by molar-refractivity contribution is 6.30. The highest BCUT2D eigenvalue weighted by atomic mass is 35.5. The normalized spacial score (nSPS) is 22.5. The van der Waals surface area contributed by atoms with E-state index in [-0.39, 0.29) is 56.0 Å². The van der Waals surface area contributed by atoms with E-state index in [1.165, 1.54) is 0 Å². The highest BCUT2D eigenvalue weighted by Crippen LogP contribution is 2.36. The average Bonchev–Trinajstić information content (AvgIpc) is 3.14. The standard InChI is InChI=1S/C26H39ClN2O9/c27-19-6-5-7-21(16-19)37-18-20(30)10-11-23-22(24(31)17-25(23)32)8-3-1-2-4-9-26(33)28-12-13-36-14-15-38-29(34)35/h1,3,5-7,10-11,16,20,22-25,30-32,34-35H,2,4,8-9,12-15,17-18H2,(H,28,33)/b3-1-,11-10+/t20-,22-,23-,24+,25-/m1/s1. The van der Waals surface area contributed by atoms with Crippen molar-refractivity contribution >= 4 is 17.5 Å². The van der Waals surface area contributed by atoms with Gasteiger partial charge in [-0.2, -0.15) is 0 Å². The molecule has 214 valence electrons. The lowest BCUT2D eigenvalue weighted by atomic mass is 9.89. The zero-order chi connectivity index (χ0) is 27.8. The summed E-state index contributed by atoms with van der Waals surface area (Å²) in [6, 6.07) is 6.89. The van der Waals surface area contributed by atoms with Crippen molar-refractivity contribution < 1.29 is 44.8 Å². The summed E-state index contributed by atoms with van der Waals surface area (Å²) in [5.41, 5.74) is 0. The summed E-state index contributed by atoms with van der Waals surface area (Å²) in [7, 11) is 0. The maximum absolute atomic E-state index is 11.9. The highest BCUT2D eigenvalue weighted by Gasteiger charge is 2.39. The minimum Gasteiger partial charge on any atom is -0.491 e. The fourth-order valence-electron chi connectivity index (χ4n) is 4.14. The minimum absolute atomic E-state index is 0.0249. The summed E-state index contributed by atoms with van der Waals surface area (Å²) in [5, 5.41) is 50.6. The molecule has 6 N–H and O–H groups in total. The van der Waals surface area contributed by atoms with E-state index < -0.39 is 18.3 Å². The number of rotatable bonds is 18. The molecule has 0 heterocycles. The summed E-state index contributed by atoms with van der Waals surface area (Å²) in [4.78, 5) is 16.2. The number of amides is 1. The Kier molecular flexibility index (Phi) is 15.5. The van der Waals surface area contributed by atoms with Crippen LogP contribution in [0, 0.1) is 11.8 Å². The number of aliphatic hydroxyl groups excluding tert-OH is 3. The summed E-state index contributed by atoms with van der Waals surface area (Å²) in [6.45, 7) is 0.790. The Morgan fingerprint density at radius 3 is 2.76 bits per heavy atom. The molecule has 2 rings (SSSR count). The predicted molar refractivity (Wildman–Crippen MR) is 139 cm³/mol. The molecule has 1 aliphatic rings. The molecule has 1 saturated carbocycles. The number of aliphatic hydroxyl groups is 3. The number of halogens is 1. The van der Waals surface area contributed by atoms with Gasteiger partial charge < -0.3 is 30.1 Å². The lowest BCUT2D eigenvalue weighted by molar-refractivity contribution is -0.493. The Bertz CT molecular complexity index is 871. The van der Waals surface area contributed by atoms with Crippen molar-refractivity contribution in [3.63, 3.8) is 0 Å². The predicted octanol–water partition coefficient (Wildman–Crippen LogP) is 2.26. The zero-order valence-electron chi connectivity index (χ0n) is 21.3. The van der Waals surface area contributed by atoms with E-state index >= 15 is 0 Å². The second-order valence-electron chi connectivity index (χ2n) is 8.98. The molecule has 0 aliphatic heterocycles. The van der Waals surface area contributed by atoms with E-state index in [1.807, 2.05) is 12.2 Å². The molecule has 1 aliphatic carbocycles. The number of nitrogens with zero attached hydrogens (tertiary/aromatic N) is 1. The third kappa shape index (κ3) is 13.1. The van der Waals surface area contributed by atoms with E-state index in [0.717, 1.165) is 0 Å². The Morgan fingerprint density at radius 2 is 2.00 bits per heavy atom. The number of hydrogen-bond acceptors (Lipinski definition) is 10. The van der Waals surface area contributed by atoms with Crippen LogP contribution in [0.3, 0.4) is 0 Å². The van der Waals surface area contributed by atoms with Crippen LogP contribution in [0.25, 0.3) is 0 Å². The van der Waals surface area contributed by atoms with E-state index in [1.54, 1.807) is 36.4 Å². The number of carbonyl (C=O) groups is 1. The third-order valence-electron chi connectivity index (χ3n) is 6.04. The van der Waals surface area contributed by atoms with Crippen LogP contribution in [0.5, 0.6) is 5.75 Å². The van der Waals surface area contributed by atoms with Crippen LogP contribution in [0.15, 0.2) is 48.6 Å². The molecule has 1 aromatic carbocycles. The SMILES string of the molecule is O=C(CCC/C=C\C[C@@H]1[C@@H](/C=C/[C@@H](O)COc2cccc(Cl)c2)[C@H](O)C[C@@H]1O)NCCOCCON(O)O. The molecular formula is C26H39ClN2O9. The van der Waals surface area contributed by atoms with Crippen LogP contribution in [-0.2, 0) is 14.4 Å². The van der Waals surface area contributed by atoms with Crippen molar-refractivity contribution in [3.8, 4) is 5.75 Å². The molecule has 0 spiro atoms. The van der Waals surface area contributed by atoms with Gasteiger partial charge in [-0.15, -0.1) is 0 Å². The van der Waals surface area contributed by atoms with Crippen LogP contribution in [0.1, 0.15) is 32.1 Å². The first kappa shape index (κ1) is 32.2. The Labute approximate surface area is 227 Å². The van der Waals surface area contributed by atoms with E-state index in [9.17, 15) is 20.1 Å². The van der Waals surface area contributed by atoms with Crippen molar-refractivity contribution in [2.24, 2.45) is 11.8 Å². The number of hydrogen-bond donors (Lipinski definition) is 6. The Morgan fingerprint density at radius 1 is 1.18 bits per heavy atom. The number of allylic oxidation sites excluding steroid dienone is 2. The van der Waals surface area contributed by atoms with Gasteiger partial charge in [-0.1, -0.05) is 42.0 Å². The van der Waals surface area contributed by atoms with E-state index in [4.69, 9.17) is 31.5 Å². The van der Waals surface area contributed by atoms with E-state index in [2.05, 4.69) is 10.2 Å². The van der Waals surface area contributed by atoms with Crippen LogP contribution in [0.2, 0.25) is 5.02 Å². The summed E-state index contributed by atoms with van der Waals surface area (Å²) < 4.78 is 10.7. The first-order valence-corrected chi connectivity index (χ1v) is 13.0. The van der Waals surface area contributed by atoms with Crippen LogP contribution in [0.4, 0.5) is 0 Å². The zero-order valence-corrected chi connectivity index (χ0v) is 22.0. The Hall–Kier alpha value is -2.06. The van der Waals surface area contributed by atoms with Crippen LogP contribution >= 0.6 is 11.6 Å². The molecule has 12 heteroatoms. The second-order valence-corrected chi connectivity index (χ2v) is 9.42. The molecule has 0 radical (unpaired) electrons. The molecule has 1 aromatic rings. The molecule has 11 nitrogen and oxygen atoms in total. The van der Waals surface area contributed by atoms with Gasteiger partial charge in [0.25, 0.3) is 0 Å². The van der Waals surface area contributed by atoms with Gasteiger partial charge >= 0.3 is 0 Å². The molecule has 1 amide bonds. The van der Waals surface area contributed by atoms with Crippen LogP contribution < -0.4 is 10.1 Å². The van der Waals surface area contributed by atoms with Gasteiger partial charge in [0.1, 0.15) is 18.5 Å². The second kappa shape index (κ2) is 18.3. The van der Waals surface area contributed by atoms with Gasteiger partial charge in [0, 0.05) is 30.3 Å². The molecule has 0 unspecified atom stereocenters. The van der Waals surface area contributed by atoms with Crippen molar-refractivity contribution in [3.05, 3.63) is 53.6 Å². The maximum atomic E-state index is 11.9. The molecule has 0 bridgehead atoms. The van der Waals surface area contributed by atoms with Gasteiger partial charge in [-0.3, -0.25) is 15.2 Å². The monoisotopic (exact) mass is 558 g/mol. The first-order chi connectivity index (χ1) is 18.3. The van der Waals surface area contributed by atoms with Gasteiger partial charge in [-0.25, -0.2) is 4.84 Å². The first-order valence-electron chi connectivity index (χ1n) is 12.7. The number of nitrogens with one attached hydrogen (secondary N) is 1. The molecule has 38 heavy (non-hydrogen) atoms. The van der Waals surface area contributed by atoms with Gasteiger partial charge in [0.05, 0.1) is 37.4 Å². The van der Waals surface area contributed by atoms with Crippen molar-refractivity contribution in [1.82, 2.24) is 10.7 Å². The Balaban J connectivity index is 1.63. The number of ether oxygens (including phenoxy) is 2. The van der Waals surface area contributed by atoms with Crippen LogP contribution in [-0.4, -0.2) is 88.3 Å². The fourth-order valence-corrected chi connectivity index (χ4v) is 4.32. The van der Waals surface area contributed by atoms with Crippen molar-refractivity contribution in [1.29, 1.82) is 0 Å². The fraction of sp³-hybridized carbons (Fsp3) is 0.577. The quantitative estimate of drug-likeness (QED) is 0.0895. The van der Waals surface area contributed by atoms with Gasteiger partial charge in [-0.05, 0) is 43.4 Å². The van der Waals surface area contributed by atoms with Crippen molar-refractivity contribution in [2.45, 2.75) is 50.4 Å². The van der Waals surface area contributed by atoms with Crippen molar-refractivity contribution in [2.75, 3.05) is 33.0 Å². The number of carbonyl (C=O) groups excluding carboxylic acids is 1. The average molecular weight is 559 g/mol. The molecule has 5 atom stereocenters. The summed E-state index contributed by atoms with van der Waals surface area (Å²) in [5.74, 6) is -0.00335. The largest absolute Gasteiger partial charge is 0.491 e. The van der Waals surface area contributed by atoms with E-state index in [0.29, 0.717) is 43.0 Å². The number of unbranched alkanes of at least 4 members (excludes halogenated alkanes) is 1. The lowest BCUT2D eigenvalue weighted by Crippen LogP contribution is -2.27. The molecule has 0 saturated heterocycles. The molecular weight excluding hydrogens is 520 g/mol. The minimum atomic E-state index is -0.875. The van der Waals surface area contributed by atoms with Gasteiger partial charge in [0.2, 0.25) is 5.91 Å². The topological polar surface area (TPSA) is 161 Å². The molecule has 0 aromatic heterocycles. The van der Waals surface area contributed by atoms with Gasteiger partial charge in [0.15, 0.2) is 0 Å². The maximum Gasteiger partial charge on any atom is 0.220 e. The lowest BCUT2D eigenvalue weighted by Gasteiger charge is -2.19.